The summed E-state index contributed by atoms with van der Waals surface area (Å²) in [5.74, 6) is -1.13. The fraction of sp³-hybridized carbons (Fsp3) is 0.800. The van der Waals surface area contributed by atoms with Crippen molar-refractivity contribution in [3.05, 3.63) is 0 Å². The summed E-state index contributed by atoms with van der Waals surface area (Å²) < 4.78 is 0. The topological polar surface area (TPSA) is 78.4 Å². The van der Waals surface area contributed by atoms with Crippen LogP contribution in [-0.4, -0.2) is 36.1 Å². The lowest BCUT2D eigenvalue weighted by atomic mass is 9.99. The van der Waals surface area contributed by atoms with Crippen molar-refractivity contribution in [1.29, 1.82) is 0 Å². The highest BCUT2D eigenvalue weighted by Crippen LogP contribution is 2.26. The molecule has 3 N–H and O–H groups in total. The van der Waals surface area contributed by atoms with Crippen molar-refractivity contribution in [1.82, 2.24) is 10.6 Å². The number of hydrogen-bond donors (Lipinski definition) is 3. The van der Waals surface area contributed by atoms with E-state index >= 15 is 0 Å². The molecule has 1 aliphatic carbocycles. The number of carboxylic acid groups (broad SMARTS) is 1. The molecule has 2 rings (SSSR count). The van der Waals surface area contributed by atoms with Crippen LogP contribution in [0.5, 0.6) is 0 Å². The first-order valence-corrected chi connectivity index (χ1v) is 5.42. The average Bonchev–Trinajstić information content (AvgIpc) is 2.48. The lowest BCUT2D eigenvalue weighted by molar-refractivity contribution is -0.142. The van der Waals surface area contributed by atoms with Crippen molar-refractivity contribution >= 4 is 11.9 Å². The summed E-state index contributed by atoms with van der Waals surface area (Å²) in [5.41, 5.74) is 0. The zero-order valence-corrected chi connectivity index (χ0v) is 8.53. The molecule has 1 aliphatic heterocycles. The van der Waals surface area contributed by atoms with Crippen LogP contribution >= 0.6 is 0 Å². The van der Waals surface area contributed by atoms with Crippen LogP contribution in [0.3, 0.4) is 0 Å². The lowest BCUT2D eigenvalue weighted by Crippen LogP contribution is -2.53. The molecule has 0 radical (unpaired) electrons. The average molecular weight is 212 g/mol. The first-order valence-electron chi connectivity index (χ1n) is 5.42. The Morgan fingerprint density at radius 1 is 1.27 bits per heavy atom. The van der Waals surface area contributed by atoms with Crippen LogP contribution < -0.4 is 10.6 Å². The lowest BCUT2D eigenvalue weighted by Gasteiger charge is -2.28. The van der Waals surface area contributed by atoms with Crippen LogP contribution in [0.2, 0.25) is 0 Å². The molecule has 0 spiro atoms. The summed E-state index contributed by atoms with van der Waals surface area (Å²) >= 11 is 0. The zero-order valence-electron chi connectivity index (χ0n) is 8.53. The van der Waals surface area contributed by atoms with Gasteiger partial charge in [0, 0.05) is 19.1 Å². The van der Waals surface area contributed by atoms with E-state index in [0.717, 1.165) is 25.9 Å². The second-order valence-corrected chi connectivity index (χ2v) is 4.35. The van der Waals surface area contributed by atoms with Crippen molar-refractivity contribution in [3.8, 4) is 0 Å². The molecule has 15 heavy (non-hydrogen) atoms. The molecule has 0 bridgehead atoms. The van der Waals surface area contributed by atoms with Gasteiger partial charge in [0.05, 0.1) is 11.8 Å². The van der Waals surface area contributed by atoms with Crippen molar-refractivity contribution in [2.75, 3.05) is 13.1 Å². The smallest absolute Gasteiger partial charge is 0.308 e. The first-order chi connectivity index (χ1) is 7.18. The minimum atomic E-state index is -0.787. The number of carboxylic acids is 1. The molecule has 0 aromatic heterocycles. The van der Waals surface area contributed by atoms with E-state index in [-0.39, 0.29) is 23.8 Å². The van der Waals surface area contributed by atoms with E-state index in [1.807, 2.05) is 0 Å². The number of nitrogens with one attached hydrogen (secondary N) is 2. The molecule has 2 unspecified atom stereocenters. The number of rotatable bonds is 3. The van der Waals surface area contributed by atoms with E-state index in [1.165, 1.54) is 0 Å². The van der Waals surface area contributed by atoms with E-state index in [1.54, 1.807) is 0 Å². The number of carbonyl (C=O) groups is 2. The number of hydrogen-bond acceptors (Lipinski definition) is 3. The third kappa shape index (κ3) is 2.12. The van der Waals surface area contributed by atoms with Gasteiger partial charge >= 0.3 is 5.97 Å². The molecule has 2 atom stereocenters. The molecule has 1 saturated carbocycles. The summed E-state index contributed by atoms with van der Waals surface area (Å²) in [6.45, 7) is 1.44. The maximum absolute atomic E-state index is 11.6. The predicted octanol–water partition coefficient (Wildman–Crippen LogP) is -0.425. The maximum atomic E-state index is 11.6. The van der Waals surface area contributed by atoms with Crippen molar-refractivity contribution in [3.63, 3.8) is 0 Å². The van der Waals surface area contributed by atoms with Crippen molar-refractivity contribution in [2.45, 2.75) is 25.3 Å². The van der Waals surface area contributed by atoms with Crippen LogP contribution in [-0.2, 0) is 9.59 Å². The fourth-order valence-electron chi connectivity index (χ4n) is 2.20. The van der Waals surface area contributed by atoms with Gasteiger partial charge in [0.15, 0.2) is 0 Å². The maximum Gasteiger partial charge on any atom is 0.308 e. The van der Waals surface area contributed by atoms with Gasteiger partial charge in [0.25, 0.3) is 0 Å². The Labute approximate surface area is 88.2 Å². The van der Waals surface area contributed by atoms with Gasteiger partial charge in [0.1, 0.15) is 0 Å². The van der Waals surface area contributed by atoms with Gasteiger partial charge in [-0.05, 0) is 12.8 Å². The monoisotopic (exact) mass is 212 g/mol. The van der Waals surface area contributed by atoms with E-state index in [4.69, 9.17) is 5.11 Å². The summed E-state index contributed by atoms with van der Waals surface area (Å²) in [4.78, 5) is 22.5. The van der Waals surface area contributed by atoms with Gasteiger partial charge in [0.2, 0.25) is 5.91 Å². The molecule has 5 heteroatoms. The van der Waals surface area contributed by atoms with E-state index in [2.05, 4.69) is 10.6 Å². The molecule has 84 valence electrons. The van der Waals surface area contributed by atoms with Gasteiger partial charge < -0.3 is 15.7 Å². The minimum absolute atomic E-state index is 0.00639. The molecule has 2 fully saturated rings. The molecule has 0 aromatic rings. The molecular formula is C10H16N2O3. The Morgan fingerprint density at radius 3 is 2.53 bits per heavy atom. The standard InChI is InChI=1S/C10H16N2O3/c13-9(6-4-11-5-6)12-8-3-1-2-7(8)10(14)15/h6-8,11H,1-5H2,(H,12,13)(H,14,15). The number of carbonyl (C=O) groups excluding carboxylic acids is 1. The highest BCUT2D eigenvalue weighted by Gasteiger charge is 2.35. The van der Waals surface area contributed by atoms with Gasteiger partial charge in [-0.2, -0.15) is 0 Å². The van der Waals surface area contributed by atoms with E-state index in [9.17, 15) is 9.59 Å². The van der Waals surface area contributed by atoms with Gasteiger partial charge in [-0.25, -0.2) is 0 Å². The minimum Gasteiger partial charge on any atom is -0.481 e. The predicted molar refractivity (Wildman–Crippen MR) is 53.3 cm³/mol. The largest absolute Gasteiger partial charge is 0.481 e. The quantitative estimate of drug-likeness (QED) is 0.593. The Balaban J connectivity index is 1.87. The first kappa shape index (κ1) is 10.4. The van der Waals surface area contributed by atoms with Gasteiger partial charge in [-0.15, -0.1) is 0 Å². The van der Waals surface area contributed by atoms with Crippen molar-refractivity contribution < 1.29 is 14.7 Å². The zero-order chi connectivity index (χ0) is 10.8. The van der Waals surface area contributed by atoms with Crippen LogP contribution in [0.4, 0.5) is 0 Å². The third-order valence-electron chi connectivity index (χ3n) is 3.31. The summed E-state index contributed by atoms with van der Waals surface area (Å²) in [7, 11) is 0. The molecule has 1 saturated heterocycles. The summed E-state index contributed by atoms with van der Waals surface area (Å²) in [6, 6.07) is -0.157. The van der Waals surface area contributed by atoms with Crippen LogP contribution in [0.25, 0.3) is 0 Å². The van der Waals surface area contributed by atoms with Gasteiger partial charge in [-0.3, -0.25) is 9.59 Å². The normalized spacial score (nSPS) is 30.9. The third-order valence-corrected chi connectivity index (χ3v) is 3.31. The van der Waals surface area contributed by atoms with E-state index in [0.29, 0.717) is 6.42 Å². The highest BCUT2D eigenvalue weighted by atomic mass is 16.4. The van der Waals surface area contributed by atoms with Crippen LogP contribution in [0.15, 0.2) is 0 Å². The molecule has 1 heterocycles. The summed E-state index contributed by atoms with van der Waals surface area (Å²) in [5, 5.41) is 14.8. The highest BCUT2D eigenvalue weighted by molar-refractivity contribution is 5.81. The number of amides is 1. The molecule has 1 amide bonds. The molecular weight excluding hydrogens is 196 g/mol. The molecule has 2 aliphatic rings. The number of aliphatic carboxylic acids is 1. The fourth-order valence-corrected chi connectivity index (χ4v) is 2.20. The Bertz CT molecular complexity index is 276. The Kier molecular flexibility index (Phi) is 2.90. The van der Waals surface area contributed by atoms with E-state index < -0.39 is 5.97 Å². The second-order valence-electron chi connectivity index (χ2n) is 4.35. The van der Waals surface area contributed by atoms with Crippen LogP contribution in [0, 0.1) is 11.8 Å². The van der Waals surface area contributed by atoms with Crippen LogP contribution in [0.1, 0.15) is 19.3 Å². The van der Waals surface area contributed by atoms with Gasteiger partial charge in [-0.1, -0.05) is 6.42 Å². The SMILES string of the molecule is O=C(NC1CCCC1C(=O)O)C1CNC1. The second kappa shape index (κ2) is 4.18. The van der Waals surface area contributed by atoms with Crippen molar-refractivity contribution in [2.24, 2.45) is 11.8 Å². The summed E-state index contributed by atoms with van der Waals surface area (Å²) in [6.07, 6.45) is 2.37. The molecule has 5 nitrogen and oxygen atoms in total. The Morgan fingerprint density at radius 2 is 2.00 bits per heavy atom. The Hall–Kier alpha value is -1.10. The molecule has 0 aromatic carbocycles.